The first-order valence-corrected chi connectivity index (χ1v) is 7.82. The summed E-state index contributed by atoms with van der Waals surface area (Å²) in [5.74, 6) is -0.0159. The van der Waals surface area contributed by atoms with Gasteiger partial charge in [0.05, 0.1) is 12.6 Å². The summed E-state index contributed by atoms with van der Waals surface area (Å²) < 4.78 is 6.82. The molecule has 132 valence electrons. The second-order valence-corrected chi connectivity index (χ2v) is 5.59. The number of carbonyl (C=O) groups is 2. The summed E-state index contributed by atoms with van der Waals surface area (Å²) in [6.07, 6.45) is 3.03. The largest absolute Gasteiger partial charge is 0.382 e. The van der Waals surface area contributed by atoms with Gasteiger partial charge in [0.1, 0.15) is 0 Å². The van der Waals surface area contributed by atoms with E-state index < -0.39 is 0 Å². The number of methoxy groups -OCH3 is 1. The first-order valence-electron chi connectivity index (χ1n) is 7.82. The van der Waals surface area contributed by atoms with Crippen molar-refractivity contribution in [1.82, 2.24) is 9.78 Å². The Morgan fingerprint density at radius 2 is 2.04 bits per heavy atom. The summed E-state index contributed by atoms with van der Waals surface area (Å²) in [6, 6.07) is 8.53. The number of hydrogen-bond acceptors (Lipinski definition) is 4. The predicted molar refractivity (Wildman–Crippen MR) is 96.8 cm³/mol. The van der Waals surface area contributed by atoms with Crippen molar-refractivity contribution in [2.45, 2.75) is 13.0 Å². The lowest BCUT2D eigenvalue weighted by Gasteiger charge is -2.15. The molecule has 1 N–H and O–H groups in total. The fourth-order valence-electron chi connectivity index (χ4n) is 2.26. The highest BCUT2D eigenvalue weighted by atomic mass is 16.5. The van der Waals surface area contributed by atoms with Gasteiger partial charge in [0, 0.05) is 37.7 Å². The van der Waals surface area contributed by atoms with Crippen LogP contribution in [-0.4, -0.2) is 42.4 Å². The van der Waals surface area contributed by atoms with Crippen LogP contribution in [0.15, 0.2) is 49.2 Å². The molecule has 0 bridgehead atoms. The maximum Gasteiger partial charge on any atom is 0.256 e. The minimum Gasteiger partial charge on any atom is -0.382 e. The van der Waals surface area contributed by atoms with Crippen molar-refractivity contribution >= 4 is 23.3 Å². The zero-order valence-corrected chi connectivity index (χ0v) is 14.6. The van der Waals surface area contributed by atoms with E-state index in [1.165, 1.54) is 11.0 Å². The molecule has 0 saturated carbocycles. The Kier molecular flexibility index (Phi) is 6.08. The number of nitrogens with zero attached hydrogens (tertiary/aromatic N) is 3. The molecular weight excluding hydrogens is 320 g/mol. The van der Waals surface area contributed by atoms with Gasteiger partial charge in [-0.3, -0.25) is 14.3 Å². The maximum atomic E-state index is 12.3. The Bertz CT molecular complexity index is 752. The van der Waals surface area contributed by atoms with Gasteiger partial charge >= 0.3 is 0 Å². The smallest absolute Gasteiger partial charge is 0.256 e. The lowest BCUT2D eigenvalue weighted by molar-refractivity contribution is -0.113. The van der Waals surface area contributed by atoms with Crippen LogP contribution in [0.3, 0.4) is 0 Å². The number of hydrogen-bond donors (Lipinski definition) is 1. The van der Waals surface area contributed by atoms with Gasteiger partial charge < -0.3 is 15.0 Å². The van der Waals surface area contributed by atoms with E-state index in [-0.39, 0.29) is 17.9 Å². The van der Waals surface area contributed by atoms with Gasteiger partial charge in [0.25, 0.3) is 5.91 Å². The van der Waals surface area contributed by atoms with E-state index in [0.717, 1.165) is 0 Å². The van der Waals surface area contributed by atoms with Gasteiger partial charge in [-0.05, 0) is 37.3 Å². The normalized spacial score (nSPS) is 11.6. The van der Waals surface area contributed by atoms with Gasteiger partial charge in [-0.15, -0.1) is 0 Å². The number of rotatable bonds is 7. The molecule has 25 heavy (non-hydrogen) atoms. The van der Waals surface area contributed by atoms with E-state index in [1.54, 1.807) is 55.4 Å². The highest BCUT2D eigenvalue weighted by Gasteiger charge is 2.12. The van der Waals surface area contributed by atoms with Crippen molar-refractivity contribution in [2.24, 2.45) is 0 Å². The summed E-state index contributed by atoms with van der Waals surface area (Å²) in [7, 11) is 3.28. The summed E-state index contributed by atoms with van der Waals surface area (Å²) in [6.45, 7) is 5.96. The lowest BCUT2D eigenvalue weighted by Crippen LogP contribution is -2.23. The number of benzene rings is 1. The molecule has 2 rings (SSSR count). The Morgan fingerprint density at radius 1 is 1.36 bits per heavy atom. The minimum absolute atomic E-state index is 0.0767. The summed E-state index contributed by atoms with van der Waals surface area (Å²) in [4.78, 5) is 25.3. The van der Waals surface area contributed by atoms with Crippen LogP contribution in [0.5, 0.6) is 0 Å². The number of nitrogens with one attached hydrogen (secondary N) is 1. The summed E-state index contributed by atoms with van der Waals surface area (Å²) in [5, 5.41) is 7.06. The topological polar surface area (TPSA) is 76.5 Å². The van der Waals surface area contributed by atoms with Crippen LogP contribution < -0.4 is 10.2 Å². The van der Waals surface area contributed by atoms with E-state index in [0.29, 0.717) is 23.7 Å². The SMILES string of the molecule is C=CC(=O)N(C)c1ccc(C(=O)Nc2ccn(C(C)COC)n2)cc1. The van der Waals surface area contributed by atoms with Crippen molar-refractivity contribution in [3.63, 3.8) is 0 Å². The monoisotopic (exact) mass is 342 g/mol. The maximum absolute atomic E-state index is 12.3. The average molecular weight is 342 g/mol. The molecule has 1 aromatic heterocycles. The first-order chi connectivity index (χ1) is 12.0. The molecule has 0 aliphatic rings. The molecule has 1 heterocycles. The van der Waals surface area contributed by atoms with Crippen molar-refractivity contribution in [1.29, 1.82) is 0 Å². The lowest BCUT2D eigenvalue weighted by atomic mass is 10.2. The van der Waals surface area contributed by atoms with Crippen LogP contribution in [0.2, 0.25) is 0 Å². The van der Waals surface area contributed by atoms with E-state index in [2.05, 4.69) is 17.0 Å². The number of likely N-dealkylation sites (N-methyl/N-ethyl adjacent to an activating group) is 1. The summed E-state index contributed by atoms with van der Waals surface area (Å²) >= 11 is 0. The molecule has 1 aromatic carbocycles. The Balaban J connectivity index is 2.04. The molecule has 1 atom stereocenters. The zero-order chi connectivity index (χ0) is 18.4. The minimum atomic E-state index is -0.270. The molecule has 7 nitrogen and oxygen atoms in total. The number of anilines is 2. The molecule has 0 fully saturated rings. The van der Waals surface area contributed by atoms with Crippen LogP contribution in [-0.2, 0) is 9.53 Å². The molecule has 0 saturated heterocycles. The third kappa shape index (κ3) is 4.54. The van der Waals surface area contributed by atoms with Crippen LogP contribution in [0.25, 0.3) is 0 Å². The molecule has 2 aromatic rings. The van der Waals surface area contributed by atoms with E-state index in [1.807, 2.05) is 6.92 Å². The second-order valence-electron chi connectivity index (χ2n) is 5.59. The Hall–Kier alpha value is -2.93. The molecule has 0 aliphatic heterocycles. The molecular formula is C18H22N4O3. The average Bonchev–Trinajstić information content (AvgIpc) is 3.09. The molecule has 1 unspecified atom stereocenters. The highest BCUT2D eigenvalue weighted by molar-refractivity contribution is 6.04. The number of ether oxygens (including phenoxy) is 1. The third-order valence-electron chi connectivity index (χ3n) is 3.73. The van der Waals surface area contributed by atoms with Gasteiger partial charge in [0.2, 0.25) is 5.91 Å². The number of carbonyl (C=O) groups excluding carboxylic acids is 2. The second kappa shape index (κ2) is 8.25. The van der Waals surface area contributed by atoms with Crippen LogP contribution in [0.4, 0.5) is 11.5 Å². The Labute approximate surface area is 146 Å². The number of amides is 2. The first kappa shape index (κ1) is 18.4. The van der Waals surface area contributed by atoms with Gasteiger partial charge in [-0.2, -0.15) is 5.10 Å². The van der Waals surface area contributed by atoms with Gasteiger partial charge in [-0.1, -0.05) is 6.58 Å². The fraction of sp³-hybridized carbons (Fsp3) is 0.278. The molecule has 0 radical (unpaired) electrons. The van der Waals surface area contributed by atoms with Crippen LogP contribution in [0.1, 0.15) is 23.3 Å². The quantitative estimate of drug-likeness (QED) is 0.784. The zero-order valence-electron chi connectivity index (χ0n) is 14.6. The standard InChI is InChI=1S/C18H22N4O3/c1-5-17(23)21(3)15-8-6-14(7-9-15)18(24)19-16-10-11-22(20-16)13(2)12-25-4/h5-11,13H,1,12H2,2-4H3,(H,19,20,24). The van der Waals surface area contributed by atoms with Crippen molar-refractivity contribution in [2.75, 3.05) is 31.0 Å². The van der Waals surface area contributed by atoms with Crippen LogP contribution in [0, 0.1) is 0 Å². The molecule has 0 aliphatic carbocycles. The van der Waals surface area contributed by atoms with Gasteiger partial charge in [0.15, 0.2) is 5.82 Å². The third-order valence-corrected chi connectivity index (χ3v) is 3.73. The van der Waals surface area contributed by atoms with Crippen molar-refractivity contribution in [3.8, 4) is 0 Å². The van der Waals surface area contributed by atoms with Crippen molar-refractivity contribution < 1.29 is 14.3 Å². The molecule has 0 spiro atoms. The summed E-state index contributed by atoms with van der Waals surface area (Å²) in [5.41, 5.74) is 1.15. The number of aromatic nitrogens is 2. The predicted octanol–water partition coefficient (Wildman–Crippen LogP) is 2.49. The highest BCUT2D eigenvalue weighted by Crippen LogP contribution is 2.16. The van der Waals surface area contributed by atoms with Gasteiger partial charge in [-0.25, -0.2) is 0 Å². The fourth-order valence-corrected chi connectivity index (χ4v) is 2.26. The van der Waals surface area contributed by atoms with E-state index in [9.17, 15) is 9.59 Å². The molecule has 7 heteroatoms. The van der Waals surface area contributed by atoms with E-state index in [4.69, 9.17) is 4.74 Å². The van der Waals surface area contributed by atoms with Crippen LogP contribution >= 0.6 is 0 Å². The Morgan fingerprint density at radius 3 is 2.64 bits per heavy atom. The van der Waals surface area contributed by atoms with Crippen molar-refractivity contribution in [3.05, 3.63) is 54.7 Å². The molecule has 2 amide bonds. The van der Waals surface area contributed by atoms with E-state index >= 15 is 0 Å².